The predicted octanol–water partition coefficient (Wildman–Crippen LogP) is 2.41. The van der Waals surface area contributed by atoms with E-state index in [1.807, 2.05) is 25.5 Å². The van der Waals surface area contributed by atoms with Gasteiger partial charge in [-0.25, -0.2) is 4.98 Å². The van der Waals surface area contributed by atoms with Crippen LogP contribution in [-0.2, 0) is 11.3 Å². The van der Waals surface area contributed by atoms with Crippen molar-refractivity contribution in [3.8, 4) is 0 Å². The number of hydrogen-bond acceptors (Lipinski definition) is 3. The van der Waals surface area contributed by atoms with Crippen LogP contribution in [0.3, 0.4) is 0 Å². The van der Waals surface area contributed by atoms with Gasteiger partial charge in [-0.1, -0.05) is 12.1 Å². The summed E-state index contributed by atoms with van der Waals surface area (Å²) in [6.45, 7) is 4.48. The minimum absolute atomic E-state index is 0.828. The monoisotopic (exact) mass is 343 g/mol. The number of aromatic nitrogens is 2. The van der Waals surface area contributed by atoms with Crippen molar-refractivity contribution < 1.29 is 4.74 Å². The van der Waals surface area contributed by atoms with Crippen molar-refractivity contribution in [2.45, 2.75) is 32.2 Å². The molecule has 0 atom stereocenters. The highest BCUT2D eigenvalue weighted by molar-refractivity contribution is 5.79. The fourth-order valence-electron chi connectivity index (χ4n) is 2.78. The van der Waals surface area contributed by atoms with Gasteiger partial charge in [0.25, 0.3) is 0 Å². The molecule has 0 spiro atoms. The Hall–Kier alpha value is -2.08. The SMILES string of the molecule is CN=C(NCCCOCC1CC1)NCCCn1cnc2ccccc21. The third-order valence-electron chi connectivity index (χ3n) is 4.43. The van der Waals surface area contributed by atoms with Crippen LogP contribution in [0.4, 0.5) is 0 Å². The number of para-hydroxylation sites is 2. The second-order valence-corrected chi connectivity index (χ2v) is 6.58. The Morgan fingerprint density at radius 2 is 2.04 bits per heavy atom. The van der Waals surface area contributed by atoms with Gasteiger partial charge < -0.3 is 19.9 Å². The Morgan fingerprint density at radius 3 is 2.84 bits per heavy atom. The van der Waals surface area contributed by atoms with Crippen molar-refractivity contribution in [1.82, 2.24) is 20.2 Å². The highest BCUT2D eigenvalue weighted by atomic mass is 16.5. The molecule has 6 nitrogen and oxygen atoms in total. The van der Waals surface area contributed by atoms with Gasteiger partial charge in [-0.15, -0.1) is 0 Å². The number of aryl methyl sites for hydroxylation is 1. The van der Waals surface area contributed by atoms with Gasteiger partial charge in [0, 0.05) is 39.9 Å². The zero-order valence-corrected chi connectivity index (χ0v) is 15.1. The van der Waals surface area contributed by atoms with Crippen molar-refractivity contribution in [1.29, 1.82) is 0 Å². The summed E-state index contributed by atoms with van der Waals surface area (Å²) in [5, 5.41) is 6.70. The first kappa shape index (κ1) is 17.7. The minimum Gasteiger partial charge on any atom is -0.381 e. The highest BCUT2D eigenvalue weighted by Gasteiger charge is 2.20. The van der Waals surface area contributed by atoms with E-state index in [1.54, 1.807) is 0 Å². The third kappa shape index (κ3) is 5.74. The Labute approximate surface area is 149 Å². The summed E-state index contributed by atoms with van der Waals surface area (Å²) in [7, 11) is 1.81. The summed E-state index contributed by atoms with van der Waals surface area (Å²) in [5.74, 6) is 1.70. The number of fused-ring (bicyclic) bond motifs is 1. The second-order valence-electron chi connectivity index (χ2n) is 6.58. The second kappa shape index (κ2) is 9.42. The molecule has 0 radical (unpaired) electrons. The lowest BCUT2D eigenvalue weighted by atomic mass is 10.3. The van der Waals surface area contributed by atoms with Gasteiger partial charge in [0.05, 0.1) is 17.4 Å². The van der Waals surface area contributed by atoms with Crippen LogP contribution >= 0.6 is 0 Å². The van der Waals surface area contributed by atoms with Crippen LogP contribution < -0.4 is 10.6 Å². The van der Waals surface area contributed by atoms with Crippen LogP contribution in [0.5, 0.6) is 0 Å². The smallest absolute Gasteiger partial charge is 0.190 e. The van der Waals surface area contributed by atoms with Gasteiger partial charge in [-0.05, 0) is 43.7 Å². The zero-order chi connectivity index (χ0) is 17.3. The van der Waals surface area contributed by atoms with Crippen molar-refractivity contribution in [3.63, 3.8) is 0 Å². The minimum atomic E-state index is 0.828. The largest absolute Gasteiger partial charge is 0.381 e. The standard InChI is InChI=1S/C19H29N5O/c1-20-19(22-11-5-13-25-14-16-8-9-16)21-10-4-12-24-15-23-17-6-2-3-7-18(17)24/h2-3,6-7,15-16H,4-5,8-14H2,1H3,(H2,20,21,22). The molecule has 1 aliphatic rings. The van der Waals surface area contributed by atoms with Gasteiger partial charge in [-0.2, -0.15) is 0 Å². The Morgan fingerprint density at radius 1 is 1.24 bits per heavy atom. The predicted molar refractivity (Wildman–Crippen MR) is 102 cm³/mol. The van der Waals surface area contributed by atoms with Gasteiger partial charge in [0.1, 0.15) is 0 Å². The summed E-state index contributed by atoms with van der Waals surface area (Å²) in [6, 6.07) is 8.23. The number of nitrogens with zero attached hydrogens (tertiary/aromatic N) is 3. The van der Waals surface area contributed by atoms with Crippen molar-refractivity contribution in [2.24, 2.45) is 10.9 Å². The third-order valence-corrected chi connectivity index (χ3v) is 4.43. The molecule has 0 saturated heterocycles. The molecule has 6 heteroatoms. The normalized spacial score (nSPS) is 14.8. The van der Waals surface area contributed by atoms with Crippen LogP contribution in [0.2, 0.25) is 0 Å². The van der Waals surface area contributed by atoms with Crippen molar-refractivity contribution >= 4 is 17.0 Å². The van der Waals surface area contributed by atoms with E-state index in [2.05, 4.69) is 37.3 Å². The number of guanidine groups is 1. The van der Waals surface area contributed by atoms with E-state index in [1.165, 1.54) is 18.4 Å². The molecule has 136 valence electrons. The summed E-state index contributed by atoms with van der Waals surface area (Å²) < 4.78 is 7.84. The van der Waals surface area contributed by atoms with Crippen LogP contribution in [0.25, 0.3) is 11.0 Å². The lowest BCUT2D eigenvalue weighted by Crippen LogP contribution is -2.38. The summed E-state index contributed by atoms with van der Waals surface area (Å²) in [5.41, 5.74) is 2.24. The maximum Gasteiger partial charge on any atom is 0.190 e. The molecule has 1 fully saturated rings. The number of aliphatic imine (C=N–C) groups is 1. The first-order chi connectivity index (χ1) is 12.4. The van der Waals surface area contributed by atoms with E-state index in [0.29, 0.717) is 0 Å². The van der Waals surface area contributed by atoms with E-state index in [4.69, 9.17) is 4.74 Å². The van der Waals surface area contributed by atoms with Crippen LogP contribution in [-0.4, -0.2) is 48.9 Å². The molecular weight excluding hydrogens is 314 g/mol. The molecule has 1 aromatic heterocycles. The van der Waals surface area contributed by atoms with Crippen LogP contribution in [0.1, 0.15) is 25.7 Å². The molecule has 2 aromatic rings. The van der Waals surface area contributed by atoms with Gasteiger partial charge in [-0.3, -0.25) is 4.99 Å². The van der Waals surface area contributed by atoms with Gasteiger partial charge in [0.15, 0.2) is 5.96 Å². The molecule has 2 N–H and O–H groups in total. The quantitative estimate of drug-likeness (QED) is 0.395. The molecule has 0 aliphatic heterocycles. The van der Waals surface area contributed by atoms with E-state index in [9.17, 15) is 0 Å². The van der Waals surface area contributed by atoms with Crippen LogP contribution in [0, 0.1) is 5.92 Å². The number of imidazole rings is 1. The highest BCUT2D eigenvalue weighted by Crippen LogP contribution is 2.28. The molecule has 1 saturated carbocycles. The Bertz CT molecular complexity index is 677. The fraction of sp³-hybridized carbons (Fsp3) is 0.579. The van der Waals surface area contributed by atoms with E-state index >= 15 is 0 Å². The maximum absolute atomic E-state index is 5.64. The number of ether oxygens (including phenoxy) is 1. The summed E-state index contributed by atoms with van der Waals surface area (Å²) in [6.07, 6.45) is 6.65. The fourth-order valence-corrected chi connectivity index (χ4v) is 2.78. The number of hydrogen-bond donors (Lipinski definition) is 2. The summed E-state index contributed by atoms with van der Waals surface area (Å²) >= 11 is 0. The average molecular weight is 343 g/mol. The molecule has 0 bridgehead atoms. The maximum atomic E-state index is 5.64. The molecule has 1 aromatic carbocycles. The molecule has 1 heterocycles. The zero-order valence-electron chi connectivity index (χ0n) is 15.1. The van der Waals surface area contributed by atoms with E-state index in [0.717, 1.165) is 63.1 Å². The number of benzene rings is 1. The van der Waals surface area contributed by atoms with Crippen molar-refractivity contribution in [2.75, 3.05) is 33.4 Å². The molecule has 1 aliphatic carbocycles. The topological polar surface area (TPSA) is 63.5 Å². The Kier molecular flexibility index (Phi) is 6.68. The van der Waals surface area contributed by atoms with E-state index < -0.39 is 0 Å². The van der Waals surface area contributed by atoms with Gasteiger partial charge >= 0.3 is 0 Å². The van der Waals surface area contributed by atoms with Crippen LogP contribution in [0.15, 0.2) is 35.6 Å². The first-order valence-electron chi connectivity index (χ1n) is 9.29. The molecule has 25 heavy (non-hydrogen) atoms. The Balaban J connectivity index is 1.27. The molecule has 0 unspecified atom stereocenters. The molecule has 0 amide bonds. The van der Waals surface area contributed by atoms with Gasteiger partial charge in [0.2, 0.25) is 0 Å². The lowest BCUT2D eigenvalue weighted by Gasteiger charge is -2.12. The lowest BCUT2D eigenvalue weighted by molar-refractivity contribution is 0.123. The van der Waals surface area contributed by atoms with Crippen molar-refractivity contribution in [3.05, 3.63) is 30.6 Å². The molecular formula is C19H29N5O. The number of nitrogens with one attached hydrogen (secondary N) is 2. The average Bonchev–Trinajstić information content (AvgIpc) is 3.38. The number of rotatable bonds is 10. The molecule has 3 rings (SSSR count). The van der Waals surface area contributed by atoms with E-state index in [-0.39, 0.29) is 0 Å². The summed E-state index contributed by atoms with van der Waals surface area (Å²) in [4.78, 5) is 8.69. The first-order valence-corrected chi connectivity index (χ1v) is 9.29.